The van der Waals surface area contributed by atoms with Gasteiger partial charge in [-0.3, -0.25) is 15.5 Å². The Morgan fingerprint density at radius 3 is 2.85 bits per heavy atom. The van der Waals surface area contributed by atoms with Gasteiger partial charge in [0.1, 0.15) is 5.69 Å². The van der Waals surface area contributed by atoms with Crippen LogP contribution in [0, 0.1) is 17.0 Å². The number of hydrogen-bond acceptors (Lipinski definition) is 8. The molecule has 1 aromatic rings. The van der Waals surface area contributed by atoms with Crippen LogP contribution in [0.3, 0.4) is 0 Å². The van der Waals surface area contributed by atoms with E-state index in [-0.39, 0.29) is 27.9 Å². The average Bonchev–Trinajstić information content (AvgIpc) is 2.82. The van der Waals surface area contributed by atoms with Gasteiger partial charge in [0.05, 0.1) is 4.92 Å². The van der Waals surface area contributed by atoms with E-state index in [1.165, 1.54) is 6.42 Å². The zero-order valence-corrected chi connectivity index (χ0v) is 12.3. The SMILES string of the molecule is Cc1nc(NN)nc(NCC2(C)CCCS2)c1[N+](=O)[O-]. The maximum Gasteiger partial charge on any atom is 0.332 e. The fourth-order valence-corrected chi connectivity index (χ4v) is 3.46. The van der Waals surface area contributed by atoms with Gasteiger partial charge >= 0.3 is 5.69 Å². The number of aromatic nitrogens is 2. The predicted molar refractivity (Wildman–Crippen MR) is 79.8 cm³/mol. The summed E-state index contributed by atoms with van der Waals surface area (Å²) in [6.45, 7) is 4.34. The third-order valence-electron chi connectivity index (χ3n) is 3.30. The van der Waals surface area contributed by atoms with Crippen LogP contribution in [0.5, 0.6) is 0 Å². The molecule has 0 spiro atoms. The van der Waals surface area contributed by atoms with Crippen LogP contribution in [-0.2, 0) is 0 Å². The zero-order valence-electron chi connectivity index (χ0n) is 11.5. The van der Waals surface area contributed by atoms with Gasteiger partial charge in [-0.1, -0.05) is 0 Å². The van der Waals surface area contributed by atoms with E-state index in [1.807, 2.05) is 11.8 Å². The first-order valence-electron chi connectivity index (χ1n) is 6.33. The standard InChI is InChI=1S/C11H18N6O2S/c1-7-8(17(18)19)9(15-10(14-7)16-12)13-6-11(2)4-3-5-20-11/h3-6,12H2,1-2H3,(H2,13,14,15,16). The largest absolute Gasteiger partial charge is 0.363 e. The lowest BCUT2D eigenvalue weighted by Crippen LogP contribution is -2.28. The molecule has 1 fully saturated rings. The summed E-state index contributed by atoms with van der Waals surface area (Å²) in [6, 6.07) is 0. The number of aryl methyl sites for hydroxylation is 1. The van der Waals surface area contributed by atoms with Gasteiger partial charge in [-0.2, -0.15) is 16.7 Å². The first kappa shape index (κ1) is 14.8. The van der Waals surface area contributed by atoms with E-state index in [0.29, 0.717) is 6.54 Å². The molecule has 1 aliphatic rings. The second-order valence-electron chi connectivity index (χ2n) is 4.99. The fraction of sp³-hybridized carbons (Fsp3) is 0.636. The molecule has 8 nitrogen and oxygen atoms in total. The Morgan fingerprint density at radius 1 is 1.55 bits per heavy atom. The lowest BCUT2D eigenvalue weighted by molar-refractivity contribution is -0.385. The van der Waals surface area contributed by atoms with Crippen LogP contribution < -0.4 is 16.6 Å². The second-order valence-corrected chi connectivity index (χ2v) is 6.67. The number of rotatable bonds is 5. The Labute approximate surface area is 121 Å². The minimum atomic E-state index is -0.470. The van der Waals surface area contributed by atoms with Crippen LogP contribution >= 0.6 is 11.8 Å². The van der Waals surface area contributed by atoms with Crippen LogP contribution in [0.1, 0.15) is 25.5 Å². The molecule has 20 heavy (non-hydrogen) atoms. The highest BCUT2D eigenvalue weighted by Gasteiger charge is 2.31. The van der Waals surface area contributed by atoms with Crippen molar-refractivity contribution in [3.63, 3.8) is 0 Å². The average molecular weight is 298 g/mol. The Kier molecular flexibility index (Phi) is 4.29. The van der Waals surface area contributed by atoms with Crippen LogP contribution in [-0.4, -0.2) is 31.9 Å². The number of hydrogen-bond donors (Lipinski definition) is 3. The molecule has 1 aliphatic heterocycles. The minimum Gasteiger partial charge on any atom is -0.363 e. The van der Waals surface area contributed by atoms with Gasteiger partial charge in [-0.15, -0.1) is 0 Å². The van der Waals surface area contributed by atoms with Crippen molar-refractivity contribution in [1.82, 2.24) is 9.97 Å². The molecule has 1 aromatic heterocycles. The molecular formula is C11H18N6O2S. The first-order valence-corrected chi connectivity index (χ1v) is 7.31. The minimum absolute atomic E-state index is 0.0863. The molecule has 1 saturated heterocycles. The second kappa shape index (κ2) is 5.80. The molecule has 0 amide bonds. The maximum absolute atomic E-state index is 11.1. The summed E-state index contributed by atoms with van der Waals surface area (Å²) in [5, 5.41) is 14.2. The van der Waals surface area contributed by atoms with Crippen LogP contribution in [0.25, 0.3) is 0 Å². The number of nitro groups is 1. The summed E-state index contributed by atoms with van der Waals surface area (Å²) in [7, 11) is 0. The Bertz CT molecular complexity index is 518. The molecule has 1 atom stereocenters. The fourth-order valence-electron chi connectivity index (χ4n) is 2.22. The van der Waals surface area contributed by atoms with Crippen molar-refractivity contribution < 1.29 is 4.92 Å². The molecule has 2 heterocycles. The highest BCUT2D eigenvalue weighted by atomic mass is 32.2. The van der Waals surface area contributed by atoms with E-state index < -0.39 is 4.92 Å². The molecule has 0 bridgehead atoms. The van der Waals surface area contributed by atoms with E-state index in [9.17, 15) is 10.1 Å². The lowest BCUT2D eigenvalue weighted by atomic mass is 10.1. The predicted octanol–water partition coefficient (Wildman–Crippen LogP) is 1.68. The topological polar surface area (TPSA) is 119 Å². The molecule has 9 heteroatoms. The smallest absolute Gasteiger partial charge is 0.332 e. The van der Waals surface area contributed by atoms with Crippen molar-refractivity contribution in [2.45, 2.75) is 31.4 Å². The van der Waals surface area contributed by atoms with Gasteiger partial charge in [-0.25, -0.2) is 10.8 Å². The molecule has 0 saturated carbocycles. The van der Waals surface area contributed by atoms with Gasteiger partial charge in [0.15, 0.2) is 0 Å². The molecule has 0 aromatic carbocycles. The third kappa shape index (κ3) is 3.10. The van der Waals surface area contributed by atoms with Crippen molar-refractivity contribution in [2.24, 2.45) is 5.84 Å². The molecular weight excluding hydrogens is 280 g/mol. The van der Waals surface area contributed by atoms with Crippen LogP contribution in [0.15, 0.2) is 0 Å². The number of anilines is 2. The quantitative estimate of drug-likeness (QED) is 0.427. The lowest BCUT2D eigenvalue weighted by Gasteiger charge is -2.23. The van der Waals surface area contributed by atoms with E-state index in [0.717, 1.165) is 12.2 Å². The Hall–Kier alpha value is -1.61. The molecule has 0 aliphatic carbocycles. The third-order valence-corrected chi connectivity index (χ3v) is 4.84. The first-order chi connectivity index (χ1) is 9.45. The molecule has 4 N–H and O–H groups in total. The maximum atomic E-state index is 11.1. The van der Waals surface area contributed by atoms with Crippen molar-refractivity contribution in [2.75, 3.05) is 23.0 Å². The Morgan fingerprint density at radius 2 is 2.30 bits per heavy atom. The summed E-state index contributed by atoms with van der Waals surface area (Å²) in [6.07, 6.45) is 2.26. The summed E-state index contributed by atoms with van der Waals surface area (Å²) >= 11 is 1.88. The van der Waals surface area contributed by atoms with Gasteiger partial charge in [0.2, 0.25) is 11.8 Å². The Balaban J connectivity index is 2.24. The molecule has 1 unspecified atom stereocenters. The van der Waals surface area contributed by atoms with E-state index >= 15 is 0 Å². The number of nitrogen functional groups attached to an aromatic ring is 1. The van der Waals surface area contributed by atoms with E-state index in [2.05, 4.69) is 27.6 Å². The number of nitrogens with one attached hydrogen (secondary N) is 2. The van der Waals surface area contributed by atoms with Crippen LogP contribution in [0.2, 0.25) is 0 Å². The monoisotopic (exact) mass is 298 g/mol. The number of nitrogens with two attached hydrogens (primary N) is 1. The van der Waals surface area contributed by atoms with Crippen molar-refractivity contribution in [3.05, 3.63) is 15.8 Å². The zero-order chi connectivity index (χ0) is 14.8. The normalized spacial score (nSPS) is 21.8. The number of thioether (sulfide) groups is 1. The number of hydrazine groups is 1. The van der Waals surface area contributed by atoms with E-state index in [1.54, 1.807) is 6.92 Å². The van der Waals surface area contributed by atoms with Gasteiger partial charge in [0.25, 0.3) is 0 Å². The van der Waals surface area contributed by atoms with Gasteiger partial charge < -0.3 is 5.32 Å². The highest BCUT2D eigenvalue weighted by molar-refractivity contribution is 8.00. The van der Waals surface area contributed by atoms with Gasteiger partial charge in [0, 0.05) is 11.3 Å². The van der Waals surface area contributed by atoms with Gasteiger partial charge in [-0.05, 0) is 32.4 Å². The van der Waals surface area contributed by atoms with E-state index in [4.69, 9.17) is 5.84 Å². The summed E-state index contributed by atoms with van der Waals surface area (Å²) in [5.74, 6) is 6.78. The summed E-state index contributed by atoms with van der Waals surface area (Å²) < 4.78 is 0.0863. The van der Waals surface area contributed by atoms with Crippen LogP contribution in [0.4, 0.5) is 17.5 Å². The highest BCUT2D eigenvalue weighted by Crippen LogP contribution is 2.38. The molecule has 110 valence electrons. The molecule has 0 radical (unpaired) electrons. The van der Waals surface area contributed by atoms with Crippen molar-refractivity contribution in [1.29, 1.82) is 0 Å². The van der Waals surface area contributed by atoms with Crippen molar-refractivity contribution in [3.8, 4) is 0 Å². The van der Waals surface area contributed by atoms with Crippen molar-refractivity contribution >= 4 is 29.2 Å². The summed E-state index contributed by atoms with van der Waals surface area (Å²) in [5.41, 5.74) is 2.50. The number of nitrogens with zero attached hydrogens (tertiary/aromatic N) is 3. The molecule has 2 rings (SSSR count). The summed E-state index contributed by atoms with van der Waals surface area (Å²) in [4.78, 5) is 18.7.